The Hall–Kier alpha value is -1.32. The number of hydrogen-bond donors (Lipinski definition) is 2. The molecule has 0 saturated heterocycles. The van der Waals surface area contributed by atoms with Crippen LogP contribution >= 0.6 is 0 Å². The van der Waals surface area contributed by atoms with E-state index in [2.05, 4.69) is 5.32 Å². The number of carboxylic acid groups (broad SMARTS) is 1. The molecule has 0 fully saturated rings. The fourth-order valence-corrected chi connectivity index (χ4v) is 1.91. The number of amides is 1. The quantitative estimate of drug-likeness (QED) is 0.678. The van der Waals surface area contributed by atoms with E-state index in [1.54, 1.807) is 0 Å². The number of nitrogens with one attached hydrogen (secondary N) is 1. The molecule has 0 unspecified atom stereocenters. The van der Waals surface area contributed by atoms with Crippen molar-refractivity contribution in [1.29, 1.82) is 0 Å². The molecule has 2 N–H and O–H groups in total. The number of unbranched alkanes of at least 4 members (excludes halogenated alkanes) is 1. The number of carbonyl (C=O) groups excluding carboxylic acids is 1. The lowest BCUT2D eigenvalue weighted by atomic mass is 10.1. The molecule has 0 bridgehead atoms. The van der Waals surface area contributed by atoms with Crippen LogP contribution in [0.4, 0.5) is 0 Å². The summed E-state index contributed by atoms with van der Waals surface area (Å²) in [6.07, 6.45) is 4.51. The van der Waals surface area contributed by atoms with Crippen LogP contribution in [0, 0.1) is 0 Å². The van der Waals surface area contributed by atoms with E-state index in [-0.39, 0.29) is 12.3 Å². The largest absolute Gasteiger partial charge is 0.481 e. The SMILES string of the molecule is CC1=C(C(=O)NCCCCC(=O)O)CCC1. The predicted molar refractivity (Wildman–Crippen MR) is 61.0 cm³/mol. The minimum Gasteiger partial charge on any atom is -0.481 e. The highest BCUT2D eigenvalue weighted by atomic mass is 16.4. The van der Waals surface area contributed by atoms with Crippen LogP contribution < -0.4 is 5.32 Å². The van der Waals surface area contributed by atoms with Crippen LogP contribution in [0.15, 0.2) is 11.1 Å². The van der Waals surface area contributed by atoms with Crippen molar-refractivity contribution in [2.45, 2.75) is 45.4 Å². The molecule has 0 heterocycles. The topological polar surface area (TPSA) is 66.4 Å². The molecule has 16 heavy (non-hydrogen) atoms. The summed E-state index contributed by atoms with van der Waals surface area (Å²) in [4.78, 5) is 21.9. The highest BCUT2D eigenvalue weighted by Gasteiger charge is 2.17. The Morgan fingerprint density at radius 3 is 2.62 bits per heavy atom. The van der Waals surface area contributed by atoms with Crippen LogP contribution in [0.2, 0.25) is 0 Å². The van der Waals surface area contributed by atoms with Crippen molar-refractivity contribution in [3.8, 4) is 0 Å². The van der Waals surface area contributed by atoms with E-state index < -0.39 is 5.97 Å². The van der Waals surface area contributed by atoms with Crippen LogP contribution in [0.5, 0.6) is 0 Å². The predicted octanol–water partition coefficient (Wildman–Crippen LogP) is 1.86. The summed E-state index contributed by atoms with van der Waals surface area (Å²) < 4.78 is 0. The Labute approximate surface area is 95.7 Å². The average molecular weight is 225 g/mol. The Kier molecular flexibility index (Phi) is 5.02. The molecule has 1 aliphatic carbocycles. The summed E-state index contributed by atoms with van der Waals surface area (Å²) in [6, 6.07) is 0. The van der Waals surface area contributed by atoms with Gasteiger partial charge < -0.3 is 10.4 Å². The first-order valence-electron chi connectivity index (χ1n) is 5.80. The van der Waals surface area contributed by atoms with Crippen LogP contribution in [0.25, 0.3) is 0 Å². The molecule has 4 nitrogen and oxygen atoms in total. The van der Waals surface area contributed by atoms with Gasteiger partial charge in [-0.3, -0.25) is 9.59 Å². The second-order valence-electron chi connectivity index (χ2n) is 4.22. The summed E-state index contributed by atoms with van der Waals surface area (Å²) >= 11 is 0. The van der Waals surface area contributed by atoms with Gasteiger partial charge in [0.15, 0.2) is 0 Å². The maximum absolute atomic E-state index is 11.7. The summed E-state index contributed by atoms with van der Waals surface area (Å²) in [6.45, 7) is 2.58. The Balaban J connectivity index is 2.16. The van der Waals surface area contributed by atoms with Crippen molar-refractivity contribution in [3.63, 3.8) is 0 Å². The Morgan fingerprint density at radius 2 is 2.06 bits per heavy atom. The van der Waals surface area contributed by atoms with Crippen molar-refractivity contribution in [2.24, 2.45) is 0 Å². The summed E-state index contributed by atoms with van der Waals surface area (Å²) in [5, 5.41) is 11.3. The van der Waals surface area contributed by atoms with Crippen LogP contribution in [0.3, 0.4) is 0 Å². The second kappa shape index (κ2) is 6.30. The standard InChI is InChI=1S/C12H19NO3/c1-9-5-4-6-10(9)12(16)13-8-3-2-7-11(14)15/h2-8H2,1H3,(H,13,16)(H,14,15). The molecular formula is C12H19NO3. The third kappa shape index (κ3) is 4.04. The molecule has 1 aliphatic rings. The lowest BCUT2D eigenvalue weighted by Gasteiger charge is -2.06. The molecule has 0 aromatic carbocycles. The van der Waals surface area contributed by atoms with E-state index in [0.29, 0.717) is 13.0 Å². The second-order valence-corrected chi connectivity index (χ2v) is 4.22. The Morgan fingerprint density at radius 1 is 1.31 bits per heavy atom. The number of carboxylic acids is 1. The fraction of sp³-hybridized carbons (Fsp3) is 0.667. The van der Waals surface area contributed by atoms with Gasteiger partial charge >= 0.3 is 5.97 Å². The van der Waals surface area contributed by atoms with E-state index in [9.17, 15) is 9.59 Å². The molecule has 0 radical (unpaired) electrons. The molecule has 0 atom stereocenters. The van der Waals surface area contributed by atoms with Gasteiger partial charge in [0.1, 0.15) is 0 Å². The lowest BCUT2D eigenvalue weighted by Crippen LogP contribution is -2.26. The average Bonchev–Trinajstić information content (AvgIpc) is 2.63. The molecule has 0 spiro atoms. The van der Waals surface area contributed by atoms with Gasteiger partial charge in [-0.2, -0.15) is 0 Å². The van der Waals surface area contributed by atoms with Crippen molar-refractivity contribution < 1.29 is 14.7 Å². The lowest BCUT2D eigenvalue weighted by molar-refractivity contribution is -0.137. The number of carbonyl (C=O) groups is 2. The summed E-state index contributed by atoms with van der Waals surface area (Å²) in [5.74, 6) is -0.744. The van der Waals surface area contributed by atoms with E-state index in [1.165, 1.54) is 5.57 Å². The van der Waals surface area contributed by atoms with Crippen molar-refractivity contribution in [2.75, 3.05) is 6.54 Å². The number of aliphatic carboxylic acids is 1. The van der Waals surface area contributed by atoms with Gasteiger partial charge in [-0.05, 0) is 39.0 Å². The van der Waals surface area contributed by atoms with Crippen LogP contribution in [0.1, 0.15) is 45.4 Å². The molecule has 0 aromatic heterocycles. The number of rotatable bonds is 6. The molecule has 1 rings (SSSR count). The number of hydrogen-bond acceptors (Lipinski definition) is 2. The molecule has 1 amide bonds. The zero-order chi connectivity index (χ0) is 12.0. The van der Waals surface area contributed by atoms with Crippen molar-refractivity contribution in [1.82, 2.24) is 5.32 Å². The Bertz CT molecular complexity index is 307. The maximum atomic E-state index is 11.7. The fourth-order valence-electron chi connectivity index (χ4n) is 1.91. The monoisotopic (exact) mass is 225 g/mol. The van der Waals surface area contributed by atoms with E-state index in [4.69, 9.17) is 5.11 Å². The van der Waals surface area contributed by atoms with Gasteiger partial charge in [0, 0.05) is 18.5 Å². The van der Waals surface area contributed by atoms with Gasteiger partial charge in [0.05, 0.1) is 0 Å². The zero-order valence-corrected chi connectivity index (χ0v) is 9.71. The third-order valence-electron chi connectivity index (χ3n) is 2.87. The molecule has 0 aromatic rings. The first kappa shape index (κ1) is 12.7. The van der Waals surface area contributed by atoms with E-state index >= 15 is 0 Å². The third-order valence-corrected chi connectivity index (χ3v) is 2.87. The molecule has 90 valence electrons. The highest BCUT2D eigenvalue weighted by molar-refractivity contribution is 5.94. The summed E-state index contributed by atoms with van der Waals surface area (Å²) in [7, 11) is 0. The first-order chi connectivity index (χ1) is 7.61. The molecule has 4 heteroatoms. The van der Waals surface area contributed by atoms with E-state index in [0.717, 1.165) is 31.3 Å². The van der Waals surface area contributed by atoms with Crippen molar-refractivity contribution >= 4 is 11.9 Å². The normalized spacial score (nSPS) is 15.3. The van der Waals surface area contributed by atoms with Gasteiger partial charge in [0.2, 0.25) is 5.91 Å². The maximum Gasteiger partial charge on any atom is 0.303 e. The summed E-state index contributed by atoms with van der Waals surface area (Å²) in [5.41, 5.74) is 2.13. The smallest absolute Gasteiger partial charge is 0.303 e. The molecular weight excluding hydrogens is 206 g/mol. The van der Waals surface area contributed by atoms with Gasteiger partial charge in [-0.15, -0.1) is 0 Å². The minimum atomic E-state index is -0.777. The minimum absolute atomic E-state index is 0.0327. The van der Waals surface area contributed by atoms with Gasteiger partial charge in [0.25, 0.3) is 0 Å². The van der Waals surface area contributed by atoms with Gasteiger partial charge in [-0.25, -0.2) is 0 Å². The number of allylic oxidation sites excluding steroid dienone is 1. The molecule has 0 aliphatic heterocycles. The van der Waals surface area contributed by atoms with Crippen LogP contribution in [-0.2, 0) is 9.59 Å². The van der Waals surface area contributed by atoms with Gasteiger partial charge in [-0.1, -0.05) is 5.57 Å². The first-order valence-corrected chi connectivity index (χ1v) is 5.80. The van der Waals surface area contributed by atoms with E-state index in [1.807, 2.05) is 6.92 Å². The zero-order valence-electron chi connectivity index (χ0n) is 9.71. The molecule has 0 saturated carbocycles. The van der Waals surface area contributed by atoms with Crippen molar-refractivity contribution in [3.05, 3.63) is 11.1 Å². The highest BCUT2D eigenvalue weighted by Crippen LogP contribution is 2.25. The van der Waals surface area contributed by atoms with Crippen LogP contribution in [-0.4, -0.2) is 23.5 Å².